The Morgan fingerprint density at radius 1 is 1.00 bits per heavy atom. The second kappa shape index (κ2) is 5.87. The molecule has 0 saturated heterocycles. The number of phenols is 2. The van der Waals surface area contributed by atoms with Crippen LogP contribution in [0.2, 0.25) is 0 Å². The molecular weight excluding hydrogens is 250 g/mol. The molecule has 106 valence electrons. The van der Waals surface area contributed by atoms with Gasteiger partial charge in [0.25, 0.3) is 0 Å². The van der Waals surface area contributed by atoms with Gasteiger partial charge in [-0.2, -0.15) is 0 Å². The monoisotopic (exact) mass is 271 g/mol. The van der Waals surface area contributed by atoms with Crippen molar-refractivity contribution in [1.82, 2.24) is 0 Å². The van der Waals surface area contributed by atoms with Crippen molar-refractivity contribution < 1.29 is 10.2 Å². The zero-order chi connectivity index (χ0) is 14.7. The number of aromatic hydroxyl groups is 2. The molecule has 0 bridgehead atoms. The van der Waals surface area contributed by atoms with E-state index >= 15 is 0 Å². The van der Waals surface area contributed by atoms with Crippen LogP contribution in [0.25, 0.3) is 0 Å². The summed E-state index contributed by atoms with van der Waals surface area (Å²) in [5.74, 6) is 0.179. The topological polar surface area (TPSA) is 43.7 Å². The highest BCUT2D eigenvalue weighted by molar-refractivity contribution is 5.51. The molecule has 0 heterocycles. The predicted octanol–water partition coefficient (Wildman–Crippen LogP) is 3.99. The van der Waals surface area contributed by atoms with Crippen molar-refractivity contribution in [2.75, 3.05) is 11.4 Å². The zero-order valence-corrected chi connectivity index (χ0v) is 12.2. The summed E-state index contributed by atoms with van der Waals surface area (Å²) in [4.78, 5) is 2.23. The number of hydrogen-bond donors (Lipinski definition) is 2. The largest absolute Gasteiger partial charge is 0.508 e. The van der Waals surface area contributed by atoms with Crippen molar-refractivity contribution in [2.45, 2.75) is 26.8 Å². The average molecular weight is 271 g/mol. The van der Waals surface area contributed by atoms with Crippen LogP contribution < -0.4 is 4.90 Å². The third-order valence-corrected chi connectivity index (χ3v) is 3.58. The first-order valence-corrected chi connectivity index (χ1v) is 6.87. The van der Waals surface area contributed by atoms with E-state index in [1.54, 1.807) is 12.1 Å². The third kappa shape index (κ3) is 3.05. The number of rotatable bonds is 4. The van der Waals surface area contributed by atoms with Crippen LogP contribution in [0.4, 0.5) is 5.69 Å². The summed E-state index contributed by atoms with van der Waals surface area (Å²) >= 11 is 0. The molecule has 0 amide bonds. The molecule has 2 N–H and O–H groups in total. The highest BCUT2D eigenvalue weighted by Crippen LogP contribution is 2.31. The van der Waals surface area contributed by atoms with Gasteiger partial charge in [0.05, 0.1) is 6.04 Å². The van der Waals surface area contributed by atoms with E-state index < -0.39 is 0 Å². The van der Waals surface area contributed by atoms with Crippen LogP contribution >= 0.6 is 0 Å². The molecule has 0 radical (unpaired) electrons. The number of anilines is 1. The minimum Gasteiger partial charge on any atom is -0.508 e. The van der Waals surface area contributed by atoms with E-state index in [-0.39, 0.29) is 17.5 Å². The first-order valence-electron chi connectivity index (χ1n) is 6.87. The van der Waals surface area contributed by atoms with Crippen molar-refractivity contribution in [2.24, 2.45) is 0 Å². The maximum Gasteiger partial charge on any atom is 0.119 e. The molecule has 20 heavy (non-hydrogen) atoms. The number of benzene rings is 2. The minimum absolute atomic E-state index is 0.0701. The molecule has 0 spiro atoms. The summed E-state index contributed by atoms with van der Waals surface area (Å²) in [6.07, 6.45) is 0. The van der Waals surface area contributed by atoms with Gasteiger partial charge >= 0.3 is 0 Å². The molecule has 3 heteroatoms. The van der Waals surface area contributed by atoms with Gasteiger partial charge in [-0.05, 0) is 50.6 Å². The van der Waals surface area contributed by atoms with Crippen molar-refractivity contribution in [3.63, 3.8) is 0 Å². The van der Waals surface area contributed by atoms with Crippen LogP contribution in [0.5, 0.6) is 11.5 Å². The molecule has 1 unspecified atom stereocenters. The van der Waals surface area contributed by atoms with Gasteiger partial charge in [0.15, 0.2) is 0 Å². The van der Waals surface area contributed by atoms with Crippen LogP contribution in [0.3, 0.4) is 0 Å². The minimum atomic E-state index is 0.0701. The van der Waals surface area contributed by atoms with Crippen LogP contribution in [0.1, 0.15) is 31.0 Å². The molecule has 0 aromatic heterocycles. The Bertz CT molecular complexity index is 558. The second-order valence-electron chi connectivity index (χ2n) is 5.08. The lowest BCUT2D eigenvalue weighted by molar-refractivity contribution is 0.448. The molecule has 3 nitrogen and oxygen atoms in total. The molecule has 0 saturated carbocycles. The molecule has 2 aromatic carbocycles. The van der Waals surface area contributed by atoms with Gasteiger partial charge in [0.1, 0.15) is 11.5 Å². The van der Waals surface area contributed by atoms with E-state index in [0.29, 0.717) is 0 Å². The summed E-state index contributed by atoms with van der Waals surface area (Å²) in [6.45, 7) is 7.08. The lowest BCUT2D eigenvalue weighted by atomic mass is 10.0. The molecule has 0 aliphatic heterocycles. The fraction of sp³-hybridized carbons (Fsp3) is 0.294. The Kier molecular flexibility index (Phi) is 4.18. The van der Waals surface area contributed by atoms with Crippen LogP contribution in [-0.4, -0.2) is 16.8 Å². The third-order valence-electron chi connectivity index (χ3n) is 3.58. The number of phenolic OH excluding ortho intramolecular Hbond substituents is 2. The fourth-order valence-corrected chi connectivity index (χ4v) is 2.46. The second-order valence-corrected chi connectivity index (χ2v) is 5.08. The Morgan fingerprint density at radius 3 is 2.05 bits per heavy atom. The Balaban J connectivity index is 2.33. The molecule has 1 atom stereocenters. The molecule has 0 fully saturated rings. The number of hydrogen-bond acceptors (Lipinski definition) is 3. The average Bonchev–Trinajstić information content (AvgIpc) is 2.40. The Labute approximate surface area is 120 Å². The predicted molar refractivity (Wildman–Crippen MR) is 82.4 cm³/mol. The summed E-state index contributed by atoms with van der Waals surface area (Å²) in [7, 11) is 0. The van der Waals surface area contributed by atoms with Crippen LogP contribution in [0.15, 0.2) is 42.5 Å². The van der Waals surface area contributed by atoms with Crippen molar-refractivity contribution in [1.29, 1.82) is 0 Å². The lowest BCUT2D eigenvalue weighted by Crippen LogP contribution is -2.26. The first kappa shape index (κ1) is 14.3. The van der Waals surface area contributed by atoms with E-state index in [4.69, 9.17) is 0 Å². The lowest BCUT2D eigenvalue weighted by Gasteiger charge is -2.31. The van der Waals surface area contributed by atoms with Crippen LogP contribution in [0, 0.1) is 6.92 Å². The Morgan fingerprint density at radius 2 is 1.55 bits per heavy atom. The summed E-state index contributed by atoms with van der Waals surface area (Å²) in [5, 5.41) is 19.3. The van der Waals surface area contributed by atoms with E-state index in [1.165, 1.54) is 11.6 Å². The molecule has 0 aliphatic carbocycles. The SMILES string of the molecule is CCN(c1ccc(C)cc1)C(C)c1cc(O)cc(O)c1. The van der Waals surface area contributed by atoms with Gasteiger partial charge in [-0.15, -0.1) is 0 Å². The van der Waals surface area contributed by atoms with E-state index in [0.717, 1.165) is 17.8 Å². The summed E-state index contributed by atoms with van der Waals surface area (Å²) < 4.78 is 0. The smallest absolute Gasteiger partial charge is 0.119 e. The van der Waals surface area contributed by atoms with Gasteiger partial charge in [0.2, 0.25) is 0 Å². The summed E-state index contributed by atoms with van der Waals surface area (Å²) in [6, 6.07) is 13.2. The quantitative estimate of drug-likeness (QED) is 0.883. The van der Waals surface area contributed by atoms with Gasteiger partial charge in [0, 0.05) is 18.3 Å². The maximum absolute atomic E-state index is 9.63. The van der Waals surface area contributed by atoms with Crippen molar-refractivity contribution >= 4 is 5.69 Å². The molecule has 0 aliphatic rings. The molecule has 2 rings (SSSR count). The standard InChI is InChI=1S/C17H21NO2/c1-4-18(15-7-5-12(2)6-8-15)13(3)14-9-16(19)11-17(20)10-14/h5-11,13,19-20H,4H2,1-3H3. The Hall–Kier alpha value is -2.16. The van der Waals surface area contributed by atoms with E-state index in [9.17, 15) is 10.2 Å². The van der Waals surface area contributed by atoms with Crippen molar-refractivity contribution in [3.8, 4) is 11.5 Å². The number of nitrogens with zero attached hydrogens (tertiary/aromatic N) is 1. The van der Waals surface area contributed by atoms with Crippen LogP contribution in [-0.2, 0) is 0 Å². The fourth-order valence-electron chi connectivity index (χ4n) is 2.46. The van der Waals surface area contributed by atoms with Gasteiger partial charge in [-0.3, -0.25) is 0 Å². The van der Waals surface area contributed by atoms with Gasteiger partial charge in [-0.1, -0.05) is 17.7 Å². The van der Waals surface area contributed by atoms with Gasteiger partial charge in [-0.25, -0.2) is 0 Å². The normalized spacial score (nSPS) is 12.2. The van der Waals surface area contributed by atoms with E-state index in [2.05, 4.69) is 49.9 Å². The van der Waals surface area contributed by atoms with E-state index in [1.807, 2.05) is 0 Å². The first-order chi connectivity index (χ1) is 9.51. The molecule has 2 aromatic rings. The van der Waals surface area contributed by atoms with Gasteiger partial charge < -0.3 is 15.1 Å². The zero-order valence-electron chi connectivity index (χ0n) is 12.2. The summed E-state index contributed by atoms with van der Waals surface area (Å²) in [5.41, 5.74) is 3.26. The highest BCUT2D eigenvalue weighted by Gasteiger charge is 2.16. The van der Waals surface area contributed by atoms with Crippen molar-refractivity contribution in [3.05, 3.63) is 53.6 Å². The maximum atomic E-state index is 9.63. The number of aryl methyl sites for hydroxylation is 1. The highest BCUT2D eigenvalue weighted by atomic mass is 16.3. The molecular formula is C17H21NO2.